The number of hydrogen-bond donors (Lipinski definition) is 1. The number of Topliss-reactive ketones (excluding diaryl/α,β-unsaturated/α-hetero) is 1. The fraction of sp³-hybridized carbons (Fsp3) is 0.364. The van der Waals surface area contributed by atoms with Gasteiger partial charge in [-0.1, -0.05) is 0 Å². The Kier molecular flexibility index (Phi) is 3.19. The Bertz CT molecular complexity index is 396. The van der Waals surface area contributed by atoms with Crippen molar-refractivity contribution in [1.82, 2.24) is 0 Å². The van der Waals surface area contributed by atoms with E-state index in [1.807, 2.05) is 0 Å². The van der Waals surface area contributed by atoms with Crippen LogP contribution in [0.5, 0.6) is 17.2 Å². The first kappa shape index (κ1) is 11.4. The molecule has 0 unspecified atom stereocenters. The maximum Gasteiger partial charge on any atom is 0.164 e. The molecule has 1 rings (SSSR count). The normalized spacial score (nSPS) is 9.87. The average molecular weight is 210 g/mol. The summed E-state index contributed by atoms with van der Waals surface area (Å²) in [5.74, 6) is 0.599. The molecule has 0 aliphatic carbocycles. The molecule has 0 amide bonds. The lowest BCUT2D eigenvalue weighted by atomic mass is 10.0. The fourth-order valence-electron chi connectivity index (χ4n) is 1.60. The van der Waals surface area contributed by atoms with Gasteiger partial charge in [-0.25, -0.2) is 0 Å². The van der Waals surface area contributed by atoms with Crippen molar-refractivity contribution >= 4 is 5.78 Å². The molecular formula is C11H14O4. The SMILES string of the molecule is COc1cc(O)c(C(C)=O)c(C)c1OC. The molecule has 4 heteroatoms. The van der Waals surface area contributed by atoms with Crippen LogP contribution >= 0.6 is 0 Å². The average Bonchev–Trinajstić information content (AvgIpc) is 2.16. The summed E-state index contributed by atoms with van der Waals surface area (Å²) >= 11 is 0. The zero-order chi connectivity index (χ0) is 11.6. The van der Waals surface area contributed by atoms with Crippen LogP contribution in [-0.4, -0.2) is 25.1 Å². The maximum absolute atomic E-state index is 11.3. The lowest BCUT2D eigenvalue weighted by molar-refractivity contribution is 0.101. The molecule has 1 aromatic rings. The minimum Gasteiger partial charge on any atom is -0.507 e. The Morgan fingerprint density at radius 2 is 1.93 bits per heavy atom. The summed E-state index contributed by atoms with van der Waals surface area (Å²) in [4.78, 5) is 11.3. The van der Waals surface area contributed by atoms with Crippen molar-refractivity contribution in [2.24, 2.45) is 0 Å². The smallest absolute Gasteiger partial charge is 0.164 e. The van der Waals surface area contributed by atoms with Crippen molar-refractivity contribution in [3.63, 3.8) is 0 Å². The molecule has 0 aliphatic rings. The third-order valence-corrected chi connectivity index (χ3v) is 2.24. The molecule has 0 saturated carbocycles. The Labute approximate surface area is 88.4 Å². The first-order chi connectivity index (χ1) is 7.02. The molecule has 0 radical (unpaired) electrons. The van der Waals surface area contributed by atoms with Gasteiger partial charge in [-0.3, -0.25) is 4.79 Å². The Balaban J connectivity index is 3.51. The Hall–Kier alpha value is -1.71. The summed E-state index contributed by atoms with van der Waals surface area (Å²) in [5.41, 5.74) is 0.856. The van der Waals surface area contributed by atoms with Gasteiger partial charge < -0.3 is 14.6 Å². The van der Waals surface area contributed by atoms with Crippen molar-refractivity contribution in [3.8, 4) is 17.2 Å². The number of hydrogen-bond acceptors (Lipinski definition) is 4. The molecule has 0 spiro atoms. The van der Waals surface area contributed by atoms with Crippen molar-refractivity contribution in [3.05, 3.63) is 17.2 Å². The number of phenols is 1. The van der Waals surface area contributed by atoms with E-state index in [4.69, 9.17) is 9.47 Å². The fourth-order valence-corrected chi connectivity index (χ4v) is 1.60. The molecule has 0 aromatic heterocycles. The number of aromatic hydroxyl groups is 1. The quantitative estimate of drug-likeness (QED) is 0.774. The van der Waals surface area contributed by atoms with Gasteiger partial charge in [0.1, 0.15) is 5.75 Å². The lowest BCUT2D eigenvalue weighted by Gasteiger charge is -2.14. The molecule has 1 aromatic carbocycles. The number of rotatable bonds is 3. The summed E-state index contributed by atoms with van der Waals surface area (Å²) in [6, 6.07) is 1.38. The molecule has 0 heterocycles. The van der Waals surface area contributed by atoms with E-state index in [1.165, 1.54) is 27.2 Å². The standard InChI is InChI=1S/C11H14O4/c1-6-10(7(2)12)8(13)5-9(14-3)11(6)15-4/h5,13H,1-4H3. The molecule has 0 aliphatic heterocycles. The number of carbonyl (C=O) groups is 1. The van der Waals surface area contributed by atoms with Crippen molar-refractivity contribution in [2.45, 2.75) is 13.8 Å². The van der Waals surface area contributed by atoms with Gasteiger partial charge in [-0.15, -0.1) is 0 Å². The van der Waals surface area contributed by atoms with E-state index >= 15 is 0 Å². The molecule has 0 bridgehead atoms. The van der Waals surface area contributed by atoms with Crippen LogP contribution in [0.3, 0.4) is 0 Å². The maximum atomic E-state index is 11.3. The van der Waals surface area contributed by atoms with Crippen LogP contribution in [0.15, 0.2) is 6.07 Å². The second-order valence-corrected chi connectivity index (χ2v) is 3.19. The van der Waals surface area contributed by atoms with Gasteiger partial charge in [0.15, 0.2) is 17.3 Å². The van der Waals surface area contributed by atoms with E-state index in [9.17, 15) is 9.90 Å². The van der Waals surface area contributed by atoms with Gasteiger partial charge in [0.05, 0.1) is 19.8 Å². The topological polar surface area (TPSA) is 55.8 Å². The highest BCUT2D eigenvalue weighted by Gasteiger charge is 2.18. The third-order valence-electron chi connectivity index (χ3n) is 2.24. The minimum absolute atomic E-state index is 0.0855. The molecule has 0 atom stereocenters. The largest absolute Gasteiger partial charge is 0.507 e. The zero-order valence-corrected chi connectivity index (χ0v) is 9.25. The summed E-state index contributed by atoms with van der Waals surface area (Å²) in [6.45, 7) is 3.10. The molecule has 0 saturated heterocycles. The second-order valence-electron chi connectivity index (χ2n) is 3.19. The number of ether oxygens (including phenoxy) is 2. The zero-order valence-electron chi connectivity index (χ0n) is 9.25. The van der Waals surface area contributed by atoms with Gasteiger partial charge >= 0.3 is 0 Å². The summed E-state index contributed by atoms with van der Waals surface area (Å²) in [6.07, 6.45) is 0. The van der Waals surface area contributed by atoms with Gasteiger partial charge in [0.2, 0.25) is 0 Å². The van der Waals surface area contributed by atoms with Crippen LogP contribution in [0.4, 0.5) is 0 Å². The molecule has 82 valence electrons. The molecular weight excluding hydrogens is 196 g/mol. The van der Waals surface area contributed by atoms with Crippen LogP contribution in [0.25, 0.3) is 0 Å². The summed E-state index contributed by atoms with van der Waals surface area (Å²) in [7, 11) is 2.97. The van der Waals surface area contributed by atoms with E-state index in [0.717, 1.165) is 0 Å². The molecule has 0 fully saturated rings. The van der Waals surface area contributed by atoms with Crippen LogP contribution < -0.4 is 9.47 Å². The Morgan fingerprint density at radius 1 is 1.33 bits per heavy atom. The summed E-state index contributed by atoms with van der Waals surface area (Å²) < 4.78 is 10.2. The van der Waals surface area contributed by atoms with Gasteiger partial charge in [-0.05, 0) is 13.8 Å². The number of methoxy groups -OCH3 is 2. The minimum atomic E-state index is -0.203. The van der Waals surface area contributed by atoms with E-state index in [2.05, 4.69) is 0 Å². The highest BCUT2D eigenvalue weighted by molar-refractivity contribution is 5.99. The van der Waals surface area contributed by atoms with Crippen molar-refractivity contribution in [1.29, 1.82) is 0 Å². The van der Waals surface area contributed by atoms with E-state index < -0.39 is 0 Å². The van der Waals surface area contributed by atoms with Crippen LogP contribution in [0, 0.1) is 6.92 Å². The predicted molar refractivity (Wildman–Crippen MR) is 56.0 cm³/mol. The van der Waals surface area contributed by atoms with E-state index in [1.54, 1.807) is 6.92 Å². The summed E-state index contributed by atoms with van der Waals surface area (Å²) in [5, 5.41) is 9.64. The second kappa shape index (κ2) is 4.21. The van der Waals surface area contributed by atoms with E-state index in [-0.39, 0.29) is 17.1 Å². The van der Waals surface area contributed by atoms with Gasteiger partial charge in [0, 0.05) is 11.6 Å². The lowest BCUT2D eigenvalue weighted by Crippen LogP contribution is -2.01. The van der Waals surface area contributed by atoms with Gasteiger partial charge in [-0.2, -0.15) is 0 Å². The van der Waals surface area contributed by atoms with Crippen LogP contribution in [0.2, 0.25) is 0 Å². The molecule has 4 nitrogen and oxygen atoms in total. The van der Waals surface area contributed by atoms with Crippen LogP contribution in [-0.2, 0) is 0 Å². The highest BCUT2D eigenvalue weighted by Crippen LogP contribution is 2.38. The number of ketones is 1. The number of carbonyl (C=O) groups excluding carboxylic acids is 1. The van der Waals surface area contributed by atoms with Crippen LogP contribution in [0.1, 0.15) is 22.8 Å². The van der Waals surface area contributed by atoms with Crippen molar-refractivity contribution < 1.29 is 19.4 Å². The third kappa shape index (κ3) is 1.88. The number of phenolic OH excluding ortho intramolecular Hbond substituents is 1. The van der Waals surface area contributed by atoms with Gasteiger partial charge in [0.25, 0.3) is 0 Å². The number of benzene rings is 1. The molecule has 15 heavy (non-hydrogen) atoms. The monoisotopic (exact) mass is 210 g/mol. The first-order valence-electron chi connectivity index (χ1n) is 4.48. The van der Waals surface area contributed by atoms with E-state index in [0.29, 0.717) is 17.1 Å². The predicted octanol–water partition coefficient (Wildman–Crippen LogP) is 1.92. The Morgan fingerprint density at radius 3 is 2.33 bits per heavy atom. The first-order valence-corrected chi connectivity index (χ1v) is 4.48. The molecule has 1 N–H and O–H groups in total. The highest BCUT2D eigenvalue weighted by atomic mass is 16.5. The van der Waals surface area contributed by atoms with Crippen molar-refractivity contribution in [2.75, 3.05) is 14.2 Å².